The molecule has 28 heavy (non-hydrogen) atoms. The maximum absolute atomic E-state index is 12.6. The van der Waals surface area contributed by atoms with Gasteiger partial charge in [0.25, 0.3) is 5.91 Å². The summed E-state index contributed by atoms with van der Waals surface area (Å²) in [6.45, 7) is 4.10. The number of rotatable bonds is 8. The highest BCUT2D eigenvalue weighted by atomic mass is 16.5. The van der Waals surface area contributed by atoms with E-state index >= 15 is 0 Å². The van der Waals surface area contributed by atoms with Crippen molar-refractivity contribution >= 4 is 17.5 Å². The van der Waals surface area contributed by atoms with Gasteiger partial charge in [-0.2, -0.15) is 0 Å². The highest BCUT2D eigenvalue weighted by Gasteiger charge is 2.18. The normalized spacial score (nSPS) is 10.2. The average molecular weight is 386 g/mol. The lowest BCUT2D eigenvalue weighted by Gasteiger charge is -2.23. The lowest BCUT2D eigenvalue weighted by atomic mass is 10.1. The van der Waals surface area contributed by atoms with Gasteiger partial charge in [-0.1, -0.05) is 18.2 Å². The van der Waals surface area contributed by atoms with Crippen LogP contribution in [0.3, 0.4) is 0 Å². The first-order chi connectivity index (χ1) is 13.4. The monoisotopic (exact) mass is 386 g/mol. The molecule has 2 amide bonds. The number of carbonyl (C=O) groups is 2. The molecule has 0 unspecified atom stereocenters. The van der Waals surface area contributed by atoms with Gasteiger partial charge in [0.05, 0.1) is 21.3 Å². The van der Waals surface area contributed by atoms with Crippen molar-refractivity contribution < 1.29 is 23.8 Å². The van der Waals surface area contributed by atoms with Crippen LogP contribution in [0, 0.1) is 6.92 Å². The van der Waals surface area contributed by atoms with Gasteiger partial charge in [0.15, 0.2) is 11.5 Å². The van der Waals surface area contributed by atoms with Crippen LogP contribution in [0.1, 0.15) is 22.8 Å². The smallest absolute Gasteiger partial charge is 0.251 e. The number of carbonyl (C=O) groups excluding carboxylic acids is 2. The maximum Gasteiger partial charge on any atom is 0.251 e. The van der Waals surface area contributed by atoms with E-state index in [0.29, 0.717) is 35.9 Å². The average Bonchev–Trinajstić information content (AvgIpc) is 2.70. The zero-order chi connectivity index (χ0) is 20.7. The number of amides is 2. The molecule has 0 atom stereocenters. The maximum atomic E-state index is 12.6. The third kappa shape index (κ3) is 4.73. The third-order valence-electron chi connectivity index (χ3n) is 4.33. The van der Waals surface area contributed by atoms with Crippen LogP contribution in [0.4, 0.5) is 5.69 Å². The van der Waals surface area contributed by atoms with Crippen molar-refractivity contribution in [3.8, 4) is 17.2 Å². The van der Waals surface area contributed by atoms with Crippen molar-refractivity contribution in [2.75, 3.05) is 39.3 Å². The minimum Gasteiger partial charge on any atom is -0.493 e. The number of hydrogen-bond acceptors (Lipinski definition) is 5. The molecule has 0 spiro atoms. The number of nitrogens with zero attached hydrogens (tertiary/aromatic N) is 1. The van der Waals surface area contributed by atoms with E-state index in [1.54, 1.807) is 17.0 Å². The van der Waals surface area contributed by atoms with Crippen molar-refractivity contribution in [3.05, 3.63) is 47.5 Å². The molecular weight excluding hydrogens is 360 g/mol. The molecule has 2 aromatic carbocycles. The van der Waals surface area contributed by atoms with Crippen molar-refractivity contribution in [3.63, 3.8) is 0 Å². The number of methoxy groups -OCH3 is 3. The molecule has 2 rings (SSSR count). The summed E-state index contributed by atoms with van der Waals surface area (Å²) in [4.78, 5) is 26.3. The zero-order valence-corrected chi connectivity index (χ0v) is 16.9. The predicted molar refractivity (Wildman–Crippen MR) is 108 cm³/mol. The second kappa shape index (κ2) is 9.64. The summed E-state index contributed by atoms with van der Waals surface area (Å²) in [6.07, 6.45) is 0. The van der Waals surface area contributed by atoms with Gasteiger partial charge in [0.1, 0.15) is 0 Å². The molecule has 0 fully saturated rings. The van der Waals surface area contributed by atoms with E-state index in [2.05, 4.69) is 5.32 Å². The van der Waals surface area contributed by atoms with Crippen molar-refractivity contribution in [1.29, 1.82) is 0 Å². The molecule has 0 aliphatic carbocycles. The topological polar surface area (TPSA) is 77.1 Å². The molecule has 7 nitrogen and oxygen atoms in total. The quantitative estimate of drug-likeness (QED) is 0.755. The Morgan fingerprint density at radius 1 is 1.00 bits per heavy atom. The van der Waals surface area contributed by atoms with Crippen LogP contribution < -0.4 is 24.4 Å². The zero-order valence-electron chi connectivity index (χ0n) is 16.9. The highest BCUT2D eigenvalue weighted by molar-refractivity contribution is 5.96. The number of hydrogen-bond donors (Lipinski definition) is 1. The number of anilines is 1. The van der Waals surface area contributed by atoms with Crippen LogP contribution >= 0.6 is 0 Å². The Labute approximate surface area is 165 Å². The van der Waals surface area contributed by atoms with E-state index in [1.165, 1.54) is 28.3 Å². The Morgan fingerprint density at radius 2 is 1.61 bits per heavy atom. The molecule has 0 radical (unpaired) electrons. The van der Waals surface area contributed by atoms with Gasteiger partial charge in [0.2, 0.25) is 11.7 Å². The van der Waals surface area contributed by atoms with E-state index in [4.69, 9.17) is 14.2 Å². The van der Waals surface area contributed by atoms with Gasteiger partial charge in [-0.15, -0.1) is 0 Å². The van der Waals surface area contributed by atoms with Crippen LogP contribution in [0.5, 0.6) is 17.2 Å². The van der Waals surface area contributed by atoms with E-state index < -0.39 is 0 Å². The van der Waals surface area contributed by atoms with Crippen molar-refractivity contribution in [2.45, 2.75) is 13.8 Å². The van der Waals surface area contributed by atoms with Crippen molar-refractivity contribution in [1.82, 2.24) is 5.32 Å². The van der Waals surface area contributed by atoms with Crippen LogP contribution in [0.25, 0.3) is 0 Å². The third-order valence-corrected chi connectivity index (χ3v) is 4.33. The molecule has 0 heterocycles. The molecule has 0 aromatic heterocycles. The molecule has 0 saturated heterocycles. The van der Waals surface area contributed by atoms with Gasteiger partial charge in [-0.05, 0) is 30.7 Å². The molecule has 0 aliphatic heterocycles. The largest absolute Gasteiger partial charge is 0.493 e. The summed E-state index contributed by atoms with van der Waals surface area (Å²) < 4.78 is 15.8. The van der Waals surface area contributed by atoms with Gasteiger partial charge < -0.3 is 24.4 Å². The van der Waals surface area contributed by atoms with Crippen LogP contribution in [0.15, 0.2) is 36.4 Å². The second-order valence-electron chi connectivity index (χ2n) is 6.13. The molecular formula is C21H26N2O5. The predicted octanol–water partition coefficient (Wildman–Crippen LogP) is 2.80. The van der Waals surface area contributed by atoms with Gasteiger partial charge in [0, 0.05) is 31.3 Å². The minimum atomic E-state index is -0.299. The Morgan fingerprint density at radius 3 is 2.11 bits per heavy atom. The van der Waals surface area contributed by atoms with Gasteiger partial charge in [-0.3, -0.25) is 9.59 Å². The Balaban J connectivity index is 2.11. The second-order valence-corrected chi connectivity index (χ2v) is 6.13. The Kier molecular flexibility index (Phi) is 7.26. The van der Waals surface area contributed by atoms with E-state index in [-0.39, 0.29) is 11.8 Å². The van der Waals surface area contributed by atoms with Gasteiger partial charge in [-0.25, -0.2) is 0 Å². The van der Waals surface area contributed by atoms with Gasteiger partial charge >= 0.3 is 0 Å². The fourth-order valence-electron chi connectivity index (χ4n) is 2.91. The summed E-state index contributed by atoms with van der Waals surface area (Å²) in [7, 11) is 4.49. The first-order valence-electron chi connectivity index (χ1n) is 8.84. The Hall–Kier alpha value is -3.22. The molecule has 0 aliphatic rings. The number of ether oxygens (including phenoxy) is 3. The number of aryl methyl sites for hydroxylation is 1. The van der Waals surface area contributed by atoms with E-state index in [0.717, 1.165) is 11.3 Å². The number of benzene rings is 2. The van der Waals surface area contributed by atoms with Crippen molar-refractivity contribution in [2.24, 2.45) is 0 Å². The SMILES string of the molecule is COc1cc(C(=O)NCCN(C(C)=O)c2ccccc2C)cc(OC)c1OC. The molecule has 0 bridgehead atoms. The fraction of sp³-hybridized carbons (Fsp3) is 0.333. The molecule has 7 heteroatoms. The van der Waals surface area contributed by atoms with Crippen LogP contribution in [-0.4, -0.2) is 46.2 Å². The minimum absolute atomic E-state index is 0.0867. The summed E-state index contributed by atoms with van der Waals surface area (Å²) in [6, 6.07) is 10.8. The lowest BCUT2D eigenvalue weighted by Crippen LogP contribution is -2.37. The Bertz CT molecular complexity index is 825. The summed E-state index contributed by atoms with van der Waals surface area (Å²) >= 11 is 0. The van der Waals surface area contributed by atoms with E-state index in [1.807, 2.05) is 31.2 Å². The fourth-order valence-corrected chi connectivity index (χ4v) is 2.91. The summed E-state index contributed by atoms with van der Waals surface area (Å²) in [5.74, 6) is 0.835. The standard InChI is InChI=1S/C21H26N2O5/c1-14-8-6-7-9-17(14)23(15(2)24)11-10-22-21(25)16-12-18(26-3)20(28-5)19(13-16)27-4/h6-9,12-13H,10-11H2,1-5H3,(H,22,25). The highest BCUT2D eigenvalue weighted by Crippen LogP contribution is 2.38. The summed E-state index contributed by atoms with van der Waals surface area (Å²) in [5.41, 5.74) is 2.20. The molecule has 0 saturated carbocycles. The number of nitrogens with one attached hydrogen (secondary N) is 1. The lowest BCUT2D eigenvalue weighted by molar-refractivity contribution is -0.116. The summed E-state index contributed by atoms with van der Waals surface area (Å²) in [5, 5.41) is 2.83. The number of para-hydroxylation sites is 1. The van der Waals surface area contributed by atoms with Crippen LogP contribution in [0.2, 0.25) is 0 Å². The van der Waals surface area contributed by atoms with E-state index in [9.17, 15) is 9.59 Å². The van der Waals surface area contributed by atoms with Crippen LogP contribution in [-0.2, 0) is 4.79 Å². The molecule has 150 valence electrons. The molecule has 2 aromatic rings. The first kappa shape index (κ1) is 21.1. The molecule has 1 N–H and O–H groups in total. The first-order valence-corrected chi connectivity index (χ1v) is 8.84.